The molecule has 54 valence electrons. The highest BCUT2D eigenvalue weighted by Gasteiger charge is 2.15. The monoisotopic (exact) mass is 148 g/mol. The summed E-state index contributed by atoms with van der Waals surface area (Å²) in [6, 6.07) is 0. The van der Waals surface area contributed by atoms with E-state index < -0.39 is 10.8 Å². The van der Waals surface area contributed by atoms with E-state index in [1.165, 1.54) is 0 Å². The molecule has 1 rings (SSSR count). The summed E-state index contributed by atoms with van der Waals surface area (Å²) in [6.07, 6.45) is 4.25. The van der Waals surface area contributed by atoms with Gasteiger partial charge in [-0.1, -0.05) is 0 Å². The SMILES string of the molecule is C[S@](=O)CC1CCCO1. The molecule has 0 saturated carbocycles. The van der Waals surface area contributed by atoms with E-state index in [9.17, 15) is 4.21 Å². The smallest absolute Gasteiger partial charge is 0.0691 e. The average molecular weight is 148 g/mol. The lowest BCUT2D eigenvalue weighted by Crippen LogP contribution is -2.14. The van der Waals surface area contributed by atoms with Gasteiger partial charge >= 0.3 is 0 Å². The van der Waals surface area contributed by atoms with Crippen LogP contribution in [-0.4, -0.2) is 28.9 Å². The van der Waals surface area contributed by atoms with Crippen molar-refractivity contribution in [3.8, 4) is 0 Å². The average Bonchev–Trinajstić information content (AvgIpc) is 2.15. The maximum Gasteiger partial charge on any atom is 0.0691 e. The quantitative estimate of drug-likeness (QED) is 0.571. The van der Waals surface area contributed by atoms with Crippen LogP contribution in [-0.2, 0) is 15.5 Å². The number of rotatable bonds is 2. The van der Waals surface area contributed by atoms with Crippen LogP contribution in [0.4, 0.5) is 0 Å². The second-order valence-electron chi connectivity index (χ2n) is 2.37. The summed E-state index contributed by atoms with van der Waals surface area (Å²) < 4.78 is 15.9. The molecule has 0 radical (unpaired) electrons. The molecular formula is C6H12O2S. The summed E-state index contributed by atoms with van der Waals surface area (Å²) in [5.74, 6) is 0.722. The molecule has 2 atom stereocenters. The Bertz CT molecular complexity index is 108. The highest BCUT2D eigenvalue weighted by atomic mass is 32.2. The molecule has 0 spiro atoms. The van der Waals surface area contributed by atoms with Crippen molar-refractivity contribution in [2.24, 2.45) is 0 Å². The van der Waals surface area contributed by atoms with Gasteiger partial charge in [0.15, 0.2) is 0 Å². The van der Waals surface area contributed by atoms with Crippen LogP contribution in [0.3, 0.4) is 0 Å². The molecule has 1 aliphatic heterocycles. The first-order valence-electron chi connectivity index (χ1n) is 3.20. The molecule has 0 N–H and O–H groups in total. The Hall–Kier alpha value is 0.110. The summed E-state index contributed by atoms with van der Waals surface area (Å²) in [6.45, 7) is 0.863. The van der Waals surface area contributed by atoms with Gasteiger partial charge in [0.1, 0.15) is 0 Å². The van der Waals surface area contributed by atoms with Crippen LogP contribution >= 0.6 is 0 Å². The highest BCUT2D eigenvalue weighted by molar-refractivity contribution is 7.84. The fraction of sp³-hybridized carbons (Fsp3) is 1.00. The maximum atomic E-state index is 10.6. The molecule has 0 aromatic heterocycles. The topological polar surface area (TPSA) is 26.3 Å². The van der Waals surface area contributed by atoms with E-state index in [-0.39, 0.29) is 6.10 Å². The van der Waals surface area contributed by atoms with Crippen molar-refractivity contribution in [2.75, 3.05) is 18.6 Å². The summed E-state index contributed by atoms with van der Waals surface area (Å²) in [4.78, 5) is 0. The van der Waals surface area contributed by atoms with E-state index in [0.29, 0.717) is 0 Å². The maximum absolute atomic E-state index is 10.6. The van der Waals surface area contributed by atoms with Crippen molar-refractivity contribution in [2.45, 2.75) is 18.9 Å². The lowest BCUT2D eigenvalue weighted by Gasteiger charge is -2.04. The van der Waals surface area contributed by atoms with E-state index in [4.69, 9.17) is 4.74 Å². The molecule has 1 saturated heterocycles. The molecule has 1 unspecified atom stereocenters. The molecular weight excluding hydrogens is 136 g/mol. The summed E-state index contributed by atoms with van der Waals surface area (Å²) in [7, 11) is -0.680. The van der Waals surface area contributed by atoms with E-state index in [1.54, 1.807) is 6.26 Å². The minimum absolute atomic E-state index is 0.288. The van der Waals surface area contributed by atoms with E-state index in [1.807, 2.05) is 0 Å². The van der Waals surface area contributed by atoms with E-state index >= 15 is 0 Å². The van der Waals surface area contributed by atoms with Crippen LogP contribution in [0.25, 0.3) is 0 Å². The first kappa shape index (κ1) is 7.22. The Morgan fingerprint density at radius 1 is 1.78 bits per heavy atom. The largest absolute Gasteiger partial charge is 0.377 e. The summed E-state index contributed by atoms with van der Waals surface area (Å²) in [5, 5.41) is 0. The zero-order valence-corrected chi connectivity index (χ0v) is 6.45. The summed E-state index contributed by atoms with van der Waals surface area (Å²) in [5.41, 5.74) is 0. The van der Waals surface area contributed by atoms with E-state index in [0.717, 1.165) is 25.2 Å². The summed E-state index contributed by atoms with van der Waals surface area (Å²) >= 11 is 0. The van der Waals surface area contributed by atoms with E-state index in [2.05, 4.69) is 0 Å². The van der Waals surface area contributed by atoms with Gasteiger partial charge in [0.25, 0.3) is 0 Å². The minimum Gasteiger partial charge on any atom is -0.377 e. The predicted molar refractivity (Wildman–Crippen MR) is 37.9 cm³/mol. The standard InChI is InChI=1S/C6H12O2S/c1-9(7)5-6-3-2-4-8-6/h6H,2-5H2,1H3/t6?,9-/m0/s1. The molecule has 1 fully saturated rings. The van der Waals surface area contributed by atoms with Crippen LogP contribution in [0.1, 0.15) is 12.8 Å². The third-order valence-corrected chi connectivity index (χ3v) is 2.29. The van der Waals surface area contributed by atoms with Gasteiger partial charge < -0.3 is 4.74 Å². The first-order chi connectivity index (χ1) is 4.29. The van der Waals surface area contributed by atoms with Gasteiger partial charge in [-0.05, 0) is 12.8 Å². The molecule has 0 aromatic carbocycles. The molecule has 3 heteroatoms. The van der Waals surface area contributed by atoms with Gasteiger partial charge in [0.05, 0.1) is 6.10 Å². The van der Waals surface area contributed by atoms with Crippen molar-refractivity contribution in [3.05, 3.63) is 0 Å². The molecule has 1 heterocycles. The normalized spacial score (nSPS) is 30.6. The van der Waals surface area contributed by atoms with Gasteiger partial charge in [0, 0.05) is 29.4 Å². The third-order valence-electron chi connectivity index (χ3n) is 1.44. The van der Waals surface area contributed by atoms with Crippen molar-refractivity contribution in [1.29, 1.82) is 0 Å². The Balaban J connectivity index is 2.19. The number of ether oxygens (including phenoxy) is 1. The van der Waals surface area contributed by atoms with Crippen LogP contribution in [0.2, 0.25) is 0 Å². The van der Waals surface area contributed by atoms with Gasteiger partial charge in [-0.25, -0.2) is 0 Å². The van der Waals surface area contributed by atoms with Gasteiger partial charge in [-0.3, -0.25) is 4.21 Å². The Labute approximate surface area is 58.0 Å². The second kappa shape index (κ2) is 3.32. The molecule has 0 amide bonds. The Morgan fingerprint density at radius 2 is 2.56 bits per heavy atom. The molecule has 0 aromatic rings. The van der Waals surface area contributed by atoms with Crippen LogP contribution in [0.15, 0.2) is 0 Å². The predicted octanol–water partition coefficient (Wildman–Crippen LogP) is 0.544. The molecule has 2 nitrogen and oxygen atoms in total. The van der Waals surface area contributed by atoms with Crippen molar-refractivity contribution < 1.29 is 8.95 Å². The number of hydrogen-bond donors (Lipinski definition) is 0. The molecule has 1 aliphatic rings. The molecule has 0 bridgehead atoms. The highest BCUT2D eigenvalue weighted by Crippen LogP contribution is 2.11. The molecule has 0 aliphatic carbocycles. The lowest BCUT2D eigenvalue weighted by molar-refractivity contribution is 0.128. The Kier molecular flexibility index (Phi) is 2.66. The lowest BCUT2D eigenvalue weighted by atomic mass is 10.3. The van der Waals surface area contributed by atoms with Gasteiger partial charge in [-0.2, -0.15) is 0 Å². The van der Waals surface area contributed by atoms with Crippen molar-refractivity contribution in [3.63, 3.8) is 0 Å². The van der Waals surface area contributed by atoms with Crippen LogP contribution in [0.5, 0.6) is 0 Å². The fourth-order valence-electron chi connectivity index (χ4n) is 1.04. The third kappa shape index (κ3) is 2.45. The molecule has 9 heavy (non-hydrogen) atoms. The first-order valence-corrected chi connectivity index (χ1v) is 4.93. The van der Waals surface area contributed by atoms with Crippen molar-refractivity contribution in [1.82, 2.24) is 0 Å². The van der Waals surface area contributed by atoms with Crippen molar-refractivity contribution >= 4 is 10.8 Å². The zero-order chi connectivity index (χ0) is 6.69. The van der Waals surface area contributed by atoms with Gasteiger partial charge in [0.2, 0.25) is 0 Å². The second-order valence-corrected chi connectivity index (χ2v) is 3.85. The van der Waals surface area contributed by atoms with Gasteiger partial charge in [-0.15, -0.1) is 0 Å². The number of hydrogen-bond acceptors (Lipinski definition) is 2. The van der Waals surface area contributed by atoms with Crippen LogP contribution in [0, 0.1) is 0 Å². The minimum atomic E-state index is -0.680. The fourth-order valence-corrected chi connectivity index (χ4v) is 1.82. The zero-order valence-electron chi connectivity index (χ0n) is 5.63. The Morgan fingerprint density at radius 3 is 3.00 bits per heavy atom. The van der Waals surface area contributed by atoms with Crippen LogP contribution < -0.4 is 0 Å².